The zero-order valence-electron chi connectivity index (χ0n) is 19.8. The van der Waals surface area contributed by atoms with Gasteiger partial charge in [0, 0.05) is 5.92 Å². The Morgan fingerprint density at radius 1 is 0.833 bits per heavy atom. The van der Waals surface area contributed by atoms with E-state index in [1.54, 1.807) is 6.92 Å². The molecule has 4 aliphatic heterocycles. The maximum Gasteiger partial charge on any atom is 0.133 e. The van der Waals surface area contributed by atoms with Crippen molar-refractivity contribution in [2.24, 2.45) is 17.8 Å². The van der Waals surface area contributed by atoms with E-state index >= 15 is 0 Å². The lowest BCUT2D eigenvalue weighted by atomic mass is 9.87. The molecular formula is C25H44O5. The highest BCUT2D eigenvalue weighted by molar-refractivity contribution is 5.78. The van der Waals surface area contributed by atoms with E-state index in [0.29, 0.717) is 48.3 Å². The molecule has 174 valence electrons. The average Bonchev–Trinajstić information content (AvgIpc) is 3.57. The van der Waals surface area contributed by atoms with Crippen molar-refractivity contribution in [3.05, 3.63) is 0 Å². The summed E-state index contributed by atoms with van der Waals surface area (Å²) in [5.41, 5.74) is 0. The van der Waals surface area contributed by atoms with Crippen LogP contribution in [0.5, 0.6) is 0 Å². The Balaban J connectivity index is 0.000000118. The van der Waals surface area contributed by atoms with Gasteiger partial charge in [-0.2, -0.15) is 0 Å². The van der Waals surface area contributed by atoms with Gasteiger partial charge in [0.1, 0.15) is 5.78 Å². The quantitative estimate of drug-likeness (QED) is 0.598. The average molecular weight is 425 g/mol. The Morgan fingerprint density at radius 2 is 1.43 bits per heavy atom. The summed E-state index contributed by atoms with van der Waals surface area (Å²) in [5.74, 6) is 2.37. The molecule has 0 amide bonds. The zero-order chi connectivity index (χ0) is 21.7. The number of ketones is 1. The van der Waals surface area contributed by atoms with Crippen molar-refractivity contribution >= 4 is 5.78 Å². The summed E-state index contributed by atoms with van der Waals surface area (Å²) in [5, 5.41) is 0. The molecule has 0 bridgehead atoms. The summed E-state index contributed by atoms with van der Waals surface area (Å²) in [6.45, 7) is 12.5. The zero-order valence-corrected chi connectivity index (χ0v) is 19.8. The molecule has 8 atom stereocenters. The van der Waals surface area contributed by atoms with Gasteiger partial charge >= 0.3 is 0 Å². The molecular weight excluding hydrogens is 380 g/mol. The molecule has 0 aromatic heterocycles. The van der Waals surface area contributed by atoms with E-state index < -0.39 is 0 Å². The fourth-order valence-corrected chi connectivity index (χ4v) is 4.38. The highest BCUT2D eigenvalue weighted by Gasteiger charge is 2.45. The minimum absolute atomic E-state index is 0.309. The van der Waals surface area contributed by atoms with Crippen molar-refractivity contribution < 1.29 is 23.7 Å². The highest BCUT2D eigenvalue weighted by atomic mass is 16.6. The minimum Gasteiger partial charge on any atom is -0.373 e. The number of hydrogen-bond donors (Lipinski definition) is 0. The summed E-state index contributed by atoms with van der Waals surface area (Å²) in [4.78, 5) is 10.9. The Morgan fingerprint density at radius 3 is 1.77 bits per heavy atom. The Labute approximate surface area is 183 Å². The van der Waals surface area contributed by atoms with Crippen LogP contribution in [-0.4, -0.2) is 55.6 Å². The number of carbonyl (C=O) groups excluding carboxylic acids is 1. The number of epoxide rings is 4. The topological polar surface area (TPSA) is 67.2 Å². The molecule has 0 aromatic rings. The molecule has 0 N–H and O–H groups in total. The van der Waals surface area contributed by atoms with Gasteiger partial charge in [-0.05, 0) is 63.7 Å². The van der Waals surface area contributed by atoms with Crippen molar-refractivity contribution in [3.63, 3.8) is 0 Å². The van der Waals surface area contributed by atoms with E-state index in [0.717, 1.165) is 44.3 Å². The summed E-state index contributed by atoms with van der Waals surface area (Å²) in [6, 6.07) is 0. The first-order chi connectivity index (χ1) is 14.4. The number of rotatable bonds is 4. The number of ether oxygens (including phenoxy) is 4. The van der Waals surface area contributed by atoms with Crippen LogP contribution in [0.3, 0.4) is 0 Å². The summed E-state index contributed by atoms with van der Waals surface area (Å²) < 4.78 is 20.5. The van der Waals surface area contributed by atoms with Crippen LogP contribution < -0.4 is 0 Å². The monoisotopic (exact) mass is 424 g/mol. The van der Waals surface area contributed by atoms with Crippen molar-refractivity contribution in [1.29, 1.82) is 0 Å². The molecule has 30 heavy (non-hydrogen) atoms. The molecule has 2 aliphatic carbocycles. The standard InChI is InChI=1S/C8H12O2.C8H14O.C5H10O.C4H8O/c1-5(9)6-2-3-7-8(4-6)10-7;1-2-6-3-4-7-8(5-6)9-7;1-4(2)5-3-6-5;1-2-4-3-5-4/h6-8H,2-4H2,1H3;6-8H,2-5H2,1H3;4-5H,3H2,1-2H3;4H,2-3H2,1H3. The van der Waals surface area contributed by atoms with E-state index in [4.69, 9.17) is 18.9 Å². The fourth-order valence-electron chi connectivity index (χ4n) is 4.38. The van der Waals surface area contributed by atoms with Gasteiger partial charge in [-0.3, -0.25) is 4.79 Å². The van der Waals surface area contributed by atoms with Gasteiger partial charge in [-0.1, -0.05) is 34.1 Å². The minimum atomic E-state index is 0.309. The first-order valence-electron chi connectivity index (χ1n) is 12.5. The third-order valence-electron chi connectivity index (χ3n) is 7.23. The molecule has 6 fully saturated rings. The maximum absolute atomic E-state index is 10.9. The van der Waals surface area contributed by atoms with Crippen LogP contribution in [0.15, 0.2) is 0 Å². The molecule has 0 aromatic carbocycles. The van der Waals surface area contributed by atoms with Gasteiger partial charge in [-0.25, -0.2) is 0 Å². The van der Waals surface area contributed by atoms with E-state index in [9.17, 15) is 4.79 Å². The van der Waals surface area contributed by atoms with Crippen LogP contribution in [0.1, 0.15) is 86.0 Å². The van der Waals surface area contributed by atoms with Gasteiger partial charge in [0.15, 0.2) is 0 Å². The number of Topliss-reactive ketones (excluding diaryl/α,β-unsaturated/α-hetero) is 1. The number of fused-ring (bicyclic) bond motifs is 2. The Kier molecular flexibility index (Phi) is 9.18. The highest BCUT2D eigenvalue weighted by Crippen LogP contribution is 2.40. The second-order valence-corrected chi connectivity index (χ2v) is 10.1. The van der Waals surface area contributed by atoms with E-state index in [1.807, 2.05) is 0 Å². The van der Waals surface area contributed by atoms with Gasteiger partial charge in [-0.15, -0.1) is 0 Å². The lowest BCUT2D eigenvalue weighted by Crippen LogP contribution is -2.19. The predicted octanol–water partition coefficient (Wildman–Crippen LogP) is 4.94. The smallest absolute Gasteiger partial charge is 0.133 e. The number of hydrogen-bond acceptors (Lipinski definition) is 5. The van der Waals surface area contributed by atoms with E-state index in [1.165, 1.54) is 32.1 Å². The SMILES string of the molecule is CC(=O)C1CCC2OC2C1.CC(C)C1CO1.CCC1CCC2OC2C1.CCC1CO1. The van der Waals surface area contributed by atoms with Crippen molar-refractivity contribution in [3.8, 4) is 0 Å². The maximum atomic E-state index is 10.9. The van der Waals surface area contributed by atoms with E-state index in [2.05, 4.69) is 27.7 Å². The molecule has 2 saturated carbocycles. The van der Waals surface area contributed by atoms with Crippen LogP contribution >= 0.6 is 0 Å². The van der Waals surface area contributed by atoms with Crippen LogP contribution in [0.25, 0.3) is 0 Å². The van der Waals surface area contributed by atoms with Crippen LogP contribution in [0.2, 0.25) is 0 Å². The van der Waals surface area contributed by atoms with Gasteiger partial charge in [0.25, 0.3) is 0 Å². The third-order valence-corrected chi connectivity index (χ3v) is 7.23. The van der Waals surface area contributed by atoms with Crippen LogP contribution in [0.4, 0.5) is 0 Å². The fraction of sp³-hybridized carbons (Fsp3) is 0.960. The first kappa shape index (κ1) is 24.2. The lowest BCUT2D eigenvalue weighted by molar-refractivity contribution is -0.121. The molecule has 6 rings (SSSR count). The summed E-state index contributed by atoms with van der Waals surface area (Å²) >= 11 is 0. The van der Waals surface area contributed by atoms with Gasteiger partial charge in [0.2, 0.25) is 0 Å². The van der Waals surface area contributed by atoms with Crippen molar-refractivity contribution in [2.45, 2.75) is 123 Å². The molecule has 0 radical (unpaired) electrons. The largest absolute Gasteiger partial charge is 0.373 e. The molecule has 8 unspecified atom stereocenters. The molecule has 0 spiro atoms. The van der Waals surface area contributed by atoms with E-state index in [-0.39, 0.29) is 0 Å². The molecule has 5 heteroatoms. The molecule has 4 saturated heterocycles. The Hall–Kier alpha value is -0.490. The van der Waals surface area contributed by atoms with Crippen molar-refractivity contribution in [2.75, 3.05) is 13.2 Å². The van der Waals surface area contributed by atoms with Crippen LogP contribution in [-0.2, 0) is 23.7 Å². The molecule has 6 aliphatic rings. The second-order valence-electron chi connectivity index (χ2n) is 10.1. The van der Waals surface area contributed by atoms with Crippen LogP contribution in [0, 0.1) is 17.8 Å². The first-order valence-corrected chi connectivity index (χ1v) is 12.5. The normalized spacial score (nSPS) is 41.3. The third kappa shape index (κ3) is 8.57. The lowest BCUT2D eigenvalue weighted by Gasteiger charge is -2.15. The summed E-state index contributed by atoms with van der Waals surface area (Å²) in [7, 11) is 0. The molecule has 4 heterocycles. The Bertz CT molecular complexity index is 528. The van der Waals surface area contributed by atoms with Crippen molar-refractivity contribution in [1.82, 2.24) is 0 Å². The van der Waals surface area contributed by atoms with Gasteiger partial charge in [0.05, 0.1) is 49.8 Å². The van der Waals surface area contributed by atoms with Gasteiger partial charge < -0.3 is 18.9 Å². The molecule has 5 nitrogen and oxygen atoms in total. The summed E-state index contributed by atoms with van der Waals surface area (Å²) in [6.07, 6.45) is 13.4. The number of carbonyl (C=O) groups is 1. The second kappa shape index (κ2) is 11.4. The predicted molar refractivity (Wildman–Crippen MR) is 118 cm³/mol.